The summed E-state index contributed by atoms with van der Waals surface area (Å²) >= 11 is 6.20. The third-order valence-corrected chi connectivity index (χ3v) is 6.97. The molecule has 1 aliphatic rings. The monoisotopic (exact) mass is 477 g/mol. The second kappa shape index (κ2) is 9.60. The molecule has 0 radical (unpaired) electrons. The Hall–Kier alpha value is -3.16. The second-order valence-corrected chi connectivity index (χ2v) is 9.27. The number of carbonyl (C=O) groups excluding carboxylic acids is 1. The fraction of sp³-hybridized carbons (Fsp3) is 0.346. The van der Waals surface area contributed by atoms with Crippen LogP contribution in [0.5, 0.6) is 0 Å². The number of carbonyl (C=O) groups is 1. The van der Waals surface area contributed by atoms with Crippen LogP contribution in [0.4, 0.5) is 0 Å². The fourth-order valence-corrected chi connectivity index (χ4v) is 5.27. The van der Waals surface area contributed by atoms with Crippen molar-refractivity contribution in [1.29, 1.82) is 0 Å². The van der Waals surface area contributed by atoms with Crippen molar-refractivity contribution in [3.05, 3.63) is 75.7 Å². The molecule has 1 fully saturated rings. The quantitative estimate of drug-likeness (QED) is 0.441. The van der Waals surface area contributed by atoms with E-state index in [1.165, 1.54) is 4.68 Å². The van der Waals surface area contributed by atoms with Crippen LogP contribution < -0.4 is 10.9 Å². The van der Waals surface area contributed by atoms with Gasteiger partial charge in [0.05, 0.1) is 6.20 Å². The molecule has 7 nitrogen and oxygen atoms in total. The van der Waals surface area contributed by atoms with Gasteiger partial charge in [-0.05, 0) is 49.7 Å². The summed E-state index contributed by atoms with van der Waals surface area (Å²) in [4.78, 5) is 28.6. The fourth-order valence-electron chi connectivity index (χ4n) is 5.05. The van der Waals surface area contributed by atoms with Crippen LogP contribution in [0.3, 0.4) is 0 Å². The van der Waals surface area contributed by atoms with Crippen LogP contribution >= 0.6 is 11.6 Å². The highest BCUT2D eigenvalue weighted by atomic mass is 35.5. The lowest BCUT2D eigenvalue weighted by Gasteiger charge is -2.22. The van der Waals surface area contributed by atoms with Crippen LogP contribution in [0.1, 0.15) is 25.3 Å². The van der Waals surface area contributed by atoms with Crippen molar-refractivity contribution in [2.75, 3.05) is 19.6 Å². The maximum Gasteiger partial charge on any atom is 0.291 e. The highest BCUT2D eigenvalue weighted by Gasteiger charge is 2.23. The van der Waals surface area contributed by atoms with Gasteiger partial charge in [-0.3, -0.25) is 14.5 Å². The maximum atomic E-state index is 13.5. The summed E-state index contributed by atoms with van der Waals surface area (Å²) in [6.45, 7) is 5.18. The highest BCUT2D eigenvalue weighted by Crippen LogP contribution is 2.27. The first-order chi connectivity index (χ1) is 16.5. The molecule has 0 bridgehead atoms. The standard InChI is InChI=1S/C26H28ClN5O2/c1-2-30-12-6-9-20(30)14-28-24(33)17-32-26(34)25-22(15-29-32)21-10-3-4-11-23(21)31(25)16-18-7-5-8-19(27)13-18/h3-5,7-8,10-11,13,15,20H,2,6,9,12,14,16-17H2,1H3,(H,28,33)/t20-/m1/s1. The Morgan fingerprint density at radius 1 is 1.18 bits per heavy atom. The predicted molar refractivity (Wildman–Crippen MR) is 135 cm³/mol. The zero-order valence-corrected chi connectivity index (χ0v) is 20.0. The molecule has 0 aliphatic carbocycles. The van der Waals surface area contributed by atoms with E-state index >= 15 is 0 Å². The number of benzene rings is 2. The summed E-state index contributed by atoms with van der Waals surface area (Å²) in [6, 6.07) is 15.9. The molecule has 1 amide bonds. The predicted octanol–water partition coefficient (Wildman–Crippen LogP) is 3.65. The average molecular weight is 478 g/mol. The minimum absolute atomic E-state index is 0.105. The van der Waals surface area contributed by atoms with E-state index in [0.29, 0.717) is 29.7 Å². The number of aromatic nitrogens is 3. The minimum Gasteiger partial charge on any atom is -0.353 e. The van der Waals surface area contributed by atoms with Gasteiger partial charge in [-0.1, -0.05) is 48.9 Å². The van der Waals surface area contributed by atoms with E-state index in [1.54, 1.807) is 6.20 Å². The number of nitrogens with zero attached hydrogens (tertiary/aromatic N) is 4. The Balaban J connectivity index is 1.46. The molecule has 2 aromatic carbocycles. The summed E-state index contributed by atoms with van der Waals surface area (Å²) in [6.07, 6.45) is 3.93. The van der Waals surface area contributed by atoms with Crippen molar-refractivity contribution in [3.8, 4) is 0 Å². The normalized spacial score (nSPS) is 16.5. The van der Waals surface area contributed by atoms with Gasteiger partial charge in [0.2, 0.25) is 5.91 Å². The number of halogens is 1. The van der Waals surface area contributed by atoms with Crippen molar-refractivity contribution < 1.29 is 4.79 Å². The zero-order chi connectivity index (χ0) is 23.7. The van der Waals surface area contributed by atoms with Gasteiger partial charge < -0.3 is 9.88 Å². The van der Waals surface area contributed by atoms with Gasteiger partial charge in [0.15, 0.2) is 0 Å². The molecule has 1 aliphatic heterocycles. The number of likely N-dealkylation sites (tertiary alicyclic amines) is 1. The molecule has 1 atom stereocenters. The first-order valence-electron chi connectivity index (χ1n) is 11.8. The first kappa shape index (κ1) is 22.6. The number of hydrogen-bond donors (Lipinski definition) is 1. The third-order valence-electron chi connectivity index (χ3n) is 6.74. The van der Waals surface area contributed by atoms with Crippen molar-refractivity contribution in [2.45, 2.75) is 38.9 Å². The van der Waals surface area contributed by atoms with Gasteiger partial charge in [-0.25, -0.2) is 4.68 Å². The van der Waals surface area contributed by atoms with E-state index in [2.05, 4.69) is 22.2 Å². The minimum atomic E-state index is -0.276. The molecule has 3 heterocycles. The number of fused-ring (bicyclic) bond motifs is 3. The van der Waals surface area contributed by atoms with E-state index in [4.69, 9.17) is 11.6 Å². The molecule has 0 unspecified atom stereocenters. The number of nitrogens with one attached hydrogen (secondary N) is 1. The maximum absolute atomic E-state index is 13.5. The summed E-state index contributed by atoms with van der Waals surface area (Å²) < 4.78 is 3.25. The number of amides is 1. The van der Waals surface area contributed by atoms with Gasteiger partial charge in [0.1, 0.15) is 12.1 Å². The van der Waals surface area contributed by atoms with Crippen LogP contribution in [0.2, 0.25) is 5.02 Å². The van der Waals surface area contributed by atoms with Gasteiger partial charge in [0.25, 0.3) is 5.56 Å². The average Bonchev–Trinajstić information content (AvgIpc) is 3.42. The molecule has 2 aromatic heterocycles. The lowest BCUT2D eigenvalue weighted by Crippen LogP contribution is -2.42. The Kier molecular flexibility index (Phi) is 6.39. The topological polar surface area (TPSA) is 72.2 Å². The van der Waals surface area contributed by atoms with E-state index in [1.807, 2.05) is 53.1 Å². The van der Waals surface area contributed by atoms with Crippen molar-refractivity contribution in [3.63, 3.8) is 0 Å². The highest BCUT2D eigenvalue weighted by molar-refractivity contribution is 6.30. The van der Waals surface area contributed by atoms with Crippen LogP contribution in [-0.4, -0.2) is 50.8 Å². The molecule has 176 valence electrons. The molecule has 4 aromatic rings. The van der Waals surface area contributed by atoms with Crippen LogP contribution in [0.25, 0.3) is 21.8 Å². The molecule has 1 N–H and O–H groups in total. The SMILES string of the molecule is CCN1CCC[C@@H]1CNC(=O)Cn1ncc2c3ccccc3n(Cc3cccc(Cl)c3)c2c1=O. The second-order valence-electron chi connectivity index (χ2n) is 8.83. The van der Waals surface area contributed by atoms with Crippen molar-refractivity contribution in [2.24, 2.45) is 0 Å². The van der Waals surface area contributed by atoms with Gasteiger partial charge >= 0.3 is 0 Å². The van der Waals surface area contributed by atoms with Crippen molar-refractivity contribution >= 4 is 39.3 Å². The zero-order valence-electron chi connectivity index (χ0n) is 19.2. The van der Waals surface area contributed by atoms with Crippen molar-refractivity contribution in [1.82, 2.24) is 24.6 Å². The number of likely N-dealkylation sites (N-methyl/N-ethyl adjacent to an activating group) is 1. The van der Waals surface area contributed by atoms with Crippen LogP contribution in [0, 0.1) is 0 Å². The number of rotatable bonds is 7. The Labute approximate surface area is 202 Å². The van der Waals surface area contributed by atoms with Crippen LogP contribution in [-0.2, 0) is 17.9 Å². The third kappa shape index (κ3) is 4.33. The van der Waals surface area contributed by atoms with Gasteiger partial charge in [-0.15, -0.1) is 0 Å². The molecule has 0 saturated carbocycles. The number of para-hydroxylation sites is 1. The number of hydrogen-bond acceptors (Lipinski definition) is 4. The van der Waals surface area contributed by atoms with E-state index in [0.717, 1.165) is 47.8 Å². The van der Waals surface area contributed by atoms with E-state index in [9.17, 15) is 9.59 Å². The molecular weight excluding hydrogens is 450 g/mol. The van der Waals surface area contributed by atoms with Crippen LogP contribution in [0.15, 0.2) is 59.5 Å². The largest absolute Gasteiger partial charge is 0.353 e. The smallest absolute Gasteiger partial charge is 0.291 e. The Bertz CT molecular complexity index is 1410. The molecule has 5 rings (SSSR count). The molecular formula is C26H28ClN5O2. The molecule has 1 saturated heterocycles. The molecule has 34 heavy (non-hydrogen) atoms. The summed E-state index contributed by atoms with van der Waals surface area (Å²) in [5.41, 5.74) is 2.20. The molecule has 8 heteroatoms. The van der Waals surface area contributed by atoms with E-state index in [-0.39, 0.29) is 18.0 Å². The van der Waals surface area contributed by atoms with Gasteiger partial charge in [0, 0.05) is 40.4 Å². The molecule has 0 spiro atoms. The van der Waals surface area contributed by atoms with Gasteiger partial charge in [-0.2, -0.15) is 5.10 Å². The summed E-state index contributed by atoms with van der Waals surface area (Å²) in [5.74, 6) is -0.200. The lowest BCUT2D eigenvalue weighted by atomic mass is 10.2. The van der Waals surface area contributed by atoms with E-state index < -0.39 is 0 Å². The Morgan fingerprint density at radius 3 is 2.85 bits per heavy atom. The summed E-state index contributed by atoms with van der Waals surface area (Å²) in [7, 11) is 0. The lowest BCUT2D eigenvalue weighted by molar-refractivity contribution is -0.122. The summed E-state index contributed by atoms with van der Waals surface area (Å²) in [5, 5.41) is 9.73. The first-order valence-corrected chi connectivity index (χ1v) is 12.1. The Morgan fingerprint density at radius 2 is 2.03 bits per heavy atom.